The van der Waals surface area contributed by atoms with Crippen LogP contribution in [0.5, 0.6) is 0 Å². The van der Waals surface area contributed by atoms with Gasteiger partial charge in [0, 0.05) is 46.1 Å². The van der Waals surface area contributed by atoms with Gasteiger partial charge in [0.05, 0.1) is 18.2 Å². The van der Waals surface area contributed by atoms with Crippen LogP contribution in [0.25, 0.3) is 0 Å². The molecular formula is C11H21N3O2S. The maximum Gasteiger partial charge on any atom is 0.219 e. The molecule has 6 heteroatoms. The standard InChI is InChI=1S/C11H21N3O2S/c1-10(15)14(3-2-11(12)17)5-4-13-6-8-16-9-7-13/h2-9H2,1H3,(H2,12,17). The molecule has 0 aliphatic carbocycles. The van der Waals surface area contributed by atoms with E-state index in [1.807, 2.05) is 0 Å². The molecule has 0 atom stereocenters. The number of rotatable bonds is 6. The van der Waals surface area contributed by atoms with Crippen LogP contribution < -0.4 is 5.73 Å². The molecule has 1 rings (SSSR count). The molecule has 0 spiro atoms. The van der Waals surface area contributed by atoms with Gasteiger partial charge in [0.1, 0.15) is 0 Å². The van der Waals surface area contributed by atoms with Gasteiger partial charge in [-0.1, -0.05) is 12.2 Å². The normalized spacial score (nSPS) is 16.8. The number of nitrogens with two attached hydrogens (primary N) is 1. The first kappa shape index (κ1) is 14.3. The van der Waals surface area contributed by atoms with E-state index in [2.05, 4.69) is 4.90 Å². The van der Waals surface area contributed by atoms with Crippen LogP contribution in [-0.2, 0) is 9.53 Å². The lowest BCUT2D eigenvalue weighted by molar-refractivity contribution is -0.129. The monoisotopic (exact) mass is 259 g/mol. The highest BCUT2D eigenvalue weighted by Crippen LogP contribution is 1.99. The second-order valence-electron chi connectivity index (χ2n) is 4.18. The summed E-state index contributed by atoms with van der Waals surface area (Å²) in [5, 5.41) is 0. The Hall–Kier alpha value is -0.720. The number of carbonyl (C=O) groups excluding carboxylic acids is 1. The van der Waals surface area contributed by atoms with Crippen molar-refractivity contribution >= 4 is 23.1 Å². The van der Waals surface area contributed by atoms with Crippen molar-refractivity contribution in [1.82, 2.24) is 9.80 Å². The third-order valence-corrected chi connectivity index (χ3v) is 3.07. The number of hydrogen-bond acceptors (Lipinski definition) is 4. The topological polar surface area (TPSA) is 58.8 Å². The predicted molar refractivity (Wildman–Crippen MR) is 70.9 cm³/mol. The minimum atomic E-state index is 0.0782. The lowest BCUT2D eigenvalue weighted by Crippen LogP contribution is -2.43. The summed E-state index contributed by atoms with van der Waals surface area (Å²) in [6.45, 7) is 7.29. The number of amides is 1. The molecule has 2 N–H and O–H groups in total. The van der Waals surface area contributed by atoms with Crippen molar-refractivity contribution in [2.45, 2.75) is 13.3 Å². The van der Waals surface area contributed by atoms with Crippen LogP contribution in [0, 0.1) is 0 Å². The van der Waals surface area contributed by atoms with E-state index in [-0.39, 0.29) is 5.91 Å². The third kappa shape index (κ3) is 5.95. The molecule has 0 aromatic heterocycles. The number of ether oxygens (including phenoxy) is 1. The summed E-state index contributed by atoms with van der Waals surface area (Å²) in [7, 11) is 0. The molecule has 0 bridgehead atoms. The Balaban J connectivity index is 2.27. The molecule has 1 fully saturated rings. The van der Waals surface area contributed by atoms with Gasteiger partial charge in [-0.05, 0) is 0 Å². The highest BCUT2D eigenvalue weighted by atomic mass is 32.1. The Bertz CT molecular complexity index is 267. The summed E-state index contributed by atoms with van der Waals surface area (Å²) in [4.78, 5) is 16.0. The van der Waals surface area contributed by atoms with E-state index in [9.17, 15) is 4.79 Å². The Morgan fingerprint density at radius 2 is 2.06 bits per heavy atom. The molecular weight excluding hydrogens is 238 g/mol. The van der Waals surface area contributed by atoms with Gasteiger partial charge in [-0.15, -0.1) is 0 Å². The first-order chi connectivity index (χ1) is 8.09. The van der Waals surface area contributed by atoms with Crippen molar-refractivity contribution in [3.63, 3.8) is 0 Å². The van der Waals surface area contributed by atoms with Gasteiger partial charge in [-0.2, -0.15) is 0 Å². The summed E-state index contributed by atoms with van der Waals surface area (Å²) in [5.74, 6) is 0.0782. The van der Waals surface area contributed by atoms with E-state index in [4.69, 9.17) is 22.7 Å². The second-order valence-corrected chi connectivity index (χ2v) is 4.70. The summed E-state index contributed by atoms with van der Waals surface area (Å²) in [6.07, 6.45) is 0.595. The van der Waals surface area contributed by atoms with E-state index in [1.54, 1.807) is 11.8 Å². The van der Waals surface area contributed by atoms with Gasteiger partial charge in [-0.25, -0.2) is 0 Å². The van der Waals surface area contributed by atoms with E-state index in [0.29, 0.717) is 18.0 Å². The molecule has 1 saturated heterocycles. The number of thiocarbonyl (C=S) groups is 1. The number of hydrogen-bond donors (Lipinski definition) is 1. The van der Waals surface area contributed by atoms with E-state index in [0.717, 1.165) is 39.4 Å². The maximum atomic E-state index is 11.4. The minimum Gasteiger partial charge on any atom is -0.393 e. The molecule has 0 aromatic rings. The number of nitrogens with zero attached hydrogens (tertiary/aromatic N) is 2. The van der Waals surface area contributed by atoms with Crippen LogP contribution in [0.2, 0.25) is 0 Å². The molecule has 1 aliphatic rings. The number of carbonyl (C=O) groups is 1. The molecule has 0 saturated carbocycles. The molecule has 0 aromatic carbocycles. The molecule has 0 radical (unpaired) electrons. The van der Waals surface area contributed by atoms with Crippen molar-refractivity contribution in [3.8, 4) is 0 Å². The first-order valence-corrected chi connectivity index (χ1v) is 6.34. The van der Waals surface area contributed by atoms with Crippen LogP contribution in [-0.4, -0.2) is 66.6 Å². The molecule has 17 heavy (non-hydrogen) atoms. The fourth-order valence-corrected chi connectivity index (χ4v) is 1.85. The van der Waals surface area contributed by atoms with Gasteiger partial charge in [0.15, 0.2) is 0 Å². The van der Waals surface area contributed by atoms with Crippen LogP contribution in [0.1, 0.15) is 13.3 Å². The maximum absolute atomic E-state index is 11.4. The highest BCUT2D eigenvalue weighted by Gasteiger charge is 2.13. The first-order valence-electron chi connectivity index (χ1n) is 5.93. The SMILES string of the molecule is CC(=O)N(CCC(N)=S)CCN1CCOCC1. The van der Waals surface area contributed by atoms with E-state index >= 15 is 0 Å². The van der Waals surface area contributed by atoms with Crippen LogP contribution >= 0.6 is 12.2 Å². The van der Waals surface area contributed by atoms with Crippen molar-refractivity contribution in [2.75, 3.05) is 45.9 Å². The van der Waals surface area contributed by atoms with Crippen molar-refractivity contribution in [1.29, 1.82) is 0 Å². The summed E-state index contributed by atoms with van der Waals surface area (Å²) in [6, 6.07) is 0. The third-order valence-electron chi connectivity index (χ3n) is 2.86. The van der Waals surface area contributed by atoms with Crippen molar-refractivity contribution < 1.29 is 9.53 Å². The summed E-state index contributed by atoms with van der Waals surface area (Å²) in [5.41, 5.74) is 5.45. The Morgan fingerprint density at radius 3 is 2.59 bits per heavy atom. The van der Waals surface area contributed by atoms with Gasteiger partial charge in [0.2, 0.25) is 5.91 Å². The Kier molecular flexibility index (Phi) is 6.39. The molecule has 0 unspecified atom stereocenters. The Labute approximate surface area is 108 Å². The van der Waals surface area contributed by atoms with Gasteiger partial charge in [-0.3, -0.25) is 9.69 Å². The predicted octanol–water partition coefficient (Wildman–Crippen LogP) is -0.157. The smallest absolute Gasteiger partial charge is 0.219 e. The zero-order valence-corrected chi connectivity index (χ0v) is 11.2. The van der Waals surface area contributed by atoms with Gasteiger partial charge < -0.3 is 15.4 Å². The molecule has 1 amide bonds. The fraction of sp³-hybridized carbons (Fsp3) is 0.818. The quantitative estimate of drug-likeness (QED) is 0.672. The van der Waals surface area contributed by atoms with Crippen molar-refractivity contribution in [3.05, 3.63) is 0 Å². The molecule has 1 heterocycles. The van der Waals surface area contributed by atoms with Gasteiger partial charge >= 0.3 is 0 Å². The average molecular weight is 259 g/mol. The zero-order chi connectivity index (χ0) is 12.7. The second kappa shape index (κ2) is 7.58. The largest absolute Gasteiger partial charge is 0.393 e. The number of morpholine rings is 1. The van der Waals surface area contributed by atoms with E-state index < -0.39 is 0 Å². The highest BCUT2D eigenvalue weighted by molar-refractivity contribution is 7.80. The van der Waals surface area contributed by atoms with Crippen molar-refractivity contribution in [2.24, 2.45) is 5.73 Å². The zero-order valence-electron chi connectivity index (χ0n) is 10.4. The Morgan fingerprint density at radius 1 is 1.41 bits per heavy atom. The van der Waals surface area contributed by atoms with E-state index in [1.165, 1.54) is 0 Å². The average Bonchev–Trinajstić information content (AvgIpc) is 2.29. The summed E-state index contributed by atoms with van der Waals surface area (Å²) < 4.78 is 5.28. The lowest BCUT2D eigenvalue weighted by Gasteiger charge is -2.29. The lowest BCUT2D eigenvalue weighted by atomic mass is 10.3. The molecule has 98 valence electrons. The molecule has 5 nitrogen and oxygen atoms in total. The van der Waals surface area contributed by atoms with Gasteiger partial charge in [0.25, 0.3) is 0 Å². The fourth-order valence-electron chi connectivity index (χ4n) is 1.76. The van der Waals surface area contributed by atoms with Crippen LogP contribution in [0.4, 0.5) is 0 Å². The van der Waals surface area contributed by atoms with Crippen LogP contribution in [0.15, 0.2) is 0 Å². The minimum absolute atomic E-state index is 0.0782. The van der Waals surface area contributed by atoms with Crippen LogP contribution in [0.3, 0.4) is 0 Å². The molecule has 1 aliphatic heterocycles. The summed E-state index contributed by atoms with van der Waals surface area (Å²) >= 11 is 4.82.